The van der Waals surface area contributed by atoms with Gasteiger partial charge in [0.25, 0.3) is 0 Å². The van der Waals surface area contributed by atoms with Gasteiger partial charge in [0.15, 0.2) is 4.34 Å². The maximum Gasteiger partial charge on any atom is 0.226 e. The molecule has 0 saturated carbocycles. The van der Waals surface area contributed by atoms with Gasteiger partial charge < -0.3 is 10.3 Å². The van der Waals surface area contributed by atoms with Crippen molar-refractivity contribution in [1.29, 1.82) is 0 Å². The van der Waals surface area contributed by atoms with Gasteiger partial charge in [0.2, 0.25) is 11.0 Å². The van der Waals surface area contributed by atoms with Crippen LogP contribution in [0.5, 0.6) is 0 Å². The number of fused-ring (bicyclic) bond motifs is 1. The van der Waals surface area contributed by atoms with E-state index < -0.39 is 0 Å². The van der Waals surface area contributed by atoms with E-state index in [1.165, 1.54) is 27.2 Å². The van der Waals surface area contributed by atoms with Crippen molar-refractivity contribution in [2.24, 2.45) is 0 Å². The van der Waals surface area contributed by atoms with Crippen LogP contribution in [0.1, 0.15) is 23.3 Å². The summed E-state index contributed by atoms with van der Waals surface area (Å²) in [6.45, 7) is 0. The van der Waals surface area contributed by atoms with Gasteiger partial charge in [-0.15, -0.1) is 21.5 Å². The number of anilines is 1. The van der Waals surface area contributed by atoms with Crippen LogP contribution in [-0.2, 0) is 17.0 Å². The number of para-hydroxylation sites is 1. The SMILES string of the molecule is O=C(CCCc1c[nH]c2ccccc12)Nc1nnc(SCc2cccs2)s1. The van der Waals surface area contributed by atoms with Crippen molar-refractivity contribution in [3.8, 4) is 0 Å². The molecule has 5 nitrogen and oxygen atoms in total. The number of benzene rings is 1. The molecule has 3 heterocycles. The van der Waals surface area contributed by atoms with Crippen LogP contribution in [0.3, 0.4) is 0 Å². The average molecular weight is 415 g/mol. The van der Waals surface area contributed by atoms with Gasteiger partial charge in [-0.2, -0.15) is 0 Å². The normalized spacial score (nSPS) is 11.1. The number of thiophene rings is 1. The first-order valence-corrected chi connectivity index (χ1v) is 11.3. The quantitative estimate of drug-likeness (QED) is 0.302. The fourth-order valence-electron chi connectivity index (χ4n) is 2.81. The van der Waals surface area contributed by atoms with E-state index in [0.717, 1.165) is 28.5 Å². The number of nitrogens with one attached hydrogen (secondary N) is 2. The lowest BCUT2D eigenvalue weighted by atomic mass is 10.1. The van der Waals surface area contributed by atoms with Crippen LogP contribution in [0, 0.1) is 0 Å². The molecule has 0 aliphatic carbocycles. The fraction of sp³-hybridized carbons (Fsp3) is 0.211. The molecule has 138 valence electrons. The lowest BCUT2D eigenvalue weighted by Crippen LogP contribution is -2.11. The number of rotatable bonds is 8. The number of hydrogen-bond donors (Lipinski definition) is 2. The maximum atomic E-state index is 12.2. The van der Waals surface area contributed by atoms with Gasteiger partial charge in [0.1, 0.15) is 0 Å². The highest BCUT2D eigenvalue weighted by atomic mass is 32.2. The third-order valence-corrected chi connectivity index (χ3v) is 7.18. The van der Waals surface area contributed by atoms with Gasteiger partial charge in [-0.05, 0) is 35.9 Å². The first kappa shape index (κ1) is 18.2. The molecule has 1 aromatic carbocycles. The molecule has 4 rings (SSSR count). The summed E-state index contributed by atoms with van der Waals surface area (Å²) in [5, 5.41) is 14.9. The first-order chi connectivity index (χ1) is 13.3. The van der Waals surface area contributed by atoms with Crippen LogP contribution in [0.4, 0.5) is 5.13 Å². The second-order valence-electron chi connectivity index (χ2n) is 6.00. The zero-order valence-electron chi connectivity index (χ0n) is 14.5. The van der Waals surface area contributed by atoms with Crippen molar-refractivity contribution >= 4 is 56.4 Å². The van der Waals surface area contributed by atoms with Crippen LogP contribution in [-0.4, -0.2) is 21.1 Å². The van der Waals surface area contributed by atoms with Gasteiger partial charge in [-0.3, -0.25) is 4.79 Å². The highest BCUT2D eigenvalue weighted by molar-refractivity contribution is 8.00. The molecule has 0 aliphatic rings. The molecule has 4 aromatic rings. The molecule has 0 bridgehead atoms. The predicted octanol–water partition coefficient (Wildman–Crippen LogP) is 5.33. The lowest BCUT2D eigenvalue weighted by Gasteiger charge is -2.01. The van der Waals surface area contributed by atoms with Crippen LogP contribution >= 0.6 is 34.4 Å². The number of thioether (sulfide) groups is 1. The van der Waals surface area contributed by atoms with Crippen LogP contribution in [0.25, 0.3) is 10.9 Å². The van der Waals surface area contributed by atoms with Crippen LogP contribution in [0.2, 0.25) is 0 Å². The summed E-state index contributed by atoms with van der Waals surface area (Å²) >= 11 is 4.80. The van der Waals surface area contributed by atoms with E-state index >= 15 is 0 Å². The average Bonchev–Trinajstić information content (AvgIpc) is 3.41. The van der Waals surface area contributed by atoms with Gasteiger partial charge in [0.05, 0.1) is 0 Å². The predicted molar refractivity (Wildman–Crippen MR) is 114 cm³/mol. The highest BCUT2D eigenvalue weighted by Gasteiger charge is 2.10. The summed E-state index contributed by atoms with van der Waals surface area (Å²) in [5.74, 6) is 0.867. The Morgan fingerprint density at radius 2 is 2.11 bits per heavy atom. The number of carbonyl (C=O) groups is 1. The number of aromatic nitrogens is 3. The highest BCUT2D eigenvalue weighted by Crippen LogP contribution is 2.29. The summed E-state index contributed by atoms with van der Waals surface area (Å²) in [7, 11) is 0. The summed E-state index contributed by atoms with van der Waals surface area (Å²) < 4.78 is 0.873. The standard InChI is InChI=1S/C19H18N4OS3/c24-17(9-3-5-13-11-20-16-8-2-1-7-15(13)16)21-18-22-23-19(27-18)26-12-14-6-4-10-25-14/h1-2,4,6-8,10-11,20H,3,5,9,12H2,(H,21,22,24). The Hall–Kier alpha value is -2.16. The van der Waals surface area contributed by atoms with E-state index in [-0.39, 0.29) is 5.91 Å². The molecule has 8 heteroatoms. The number of amides is 1. The van der Waals surface area contributed by atoms with Crippen molar-refractivity contribution in [3.63, 3.8) is 0 Å². The molecule has 0 aliphatic heterocycles. The van der Waals surface area contributed by atoms with Crippen molar-refractivity contribution in [1.82, 2.24) is 15.2 Å². The van der Waals surface area contributed by atoms with Gasteiger partial charge in [0, 0.05) is 34.2 Å². The van der Waals surface area contributed by atoms with Crippen LogP contribution < -0.4 is 5.32 Å². The van der Waals surface area contributed by atoms with E-state index in [1.807, 2.05) is 24.4 Å². The Labute approximate surface area is 169 Å². The third-order valence-electron chi connectivity index (χ3n) is 4.10. The Morgan fingerprint density at radius 3 is 3.00 bits per heavy atom. The zero-order valence-corrected chi connectivity index (χ0v) is 16.9. The molecular formula is C19H18N4OS3. The molecule has 0 radical (unpaired) electrons. The number of H-pyrrole nitrogens is 1. The molecule has 0 spiro atoms. The number of hydrogen-bond acceptors (Lipinski definition) is 6. The maximum absolute atomic E-state index is 12.2. The smallest absolute Gasteiger partial charge is 0.226 e. The zero-order chi connectivity index (χ0) is 18.5. The van der Waals surface area contributed by atoms with Gasteiger partial charge >= 0.3 is 0 Å². The van der Waals surface area contributed by atoms with Crippen molar-refractivity contribution in [2.75, 3.05) is 5.32 Å². The Kier molecular flexibility index (Phi) is 5.86. The molecule has 0 saturated heterocycles. The summed E-state index contributed by atoms with van der Waals surface area (Å²) in [6, 6.07) is 12.4. The Balaban J connectivity index is 1.23. The number of carbonyl (C=O) groups excluding carboxylic acids is 1. The van der Waals surface area contributed by atoms with Crippen molar-refractivity contribution in [2.45, 2.75) is 29.4 Å². The summed E-state index contributed by atoms with van der Waals surface area (Å²) in [4.78, 5) is 16.7. The Morgan fingerprint density at radius 1 is 1.19 bits per heavy atom. The summed E-state index contributed by atoms with van der Waals surface area (Å²) in [6.07, 6.45) is 4.17. The second-order valence-corrected chi connectivity index (χ2v) is 9.23. The number of aryl methyl sites for hydroxylation is 1. The van der Waals surface area contributed by atoms with E-state index in [4.69, 9.17) is 0 Å². The lowest BCUT2D eigenvalue weighted by molar-refractivity contribution is -0.116. The molecule has 0 atom stereocenters. The molecule has 27 heavy (non-hydrogen) atoms. The topological polar surface area (TPSA) is 70.7 Å². The van der Waals surface area contributed by atoms with Crippen molar-refractivity contribution < 1.29 is 4.79 Å². The first-order valence-electron chi connectivity index (χ1n) is 8.61. The number of nitrogens with zero attached hydrogens (tertiary/aromatic N) is 2. The third kappa shape index (κ3) is 4.77. The molecule has 0 fully saturated rings. The fourth-order valence-corrected chi connectivity index (χ4v) is 5.35. The second kappa shape index (κ2) is 8.69. The van der Waals surface area contributed by atoms with E-state index in [2.05, 4.69) is 44.1 Å². The summed E-state index contributed by atoms with van der Waals surface area (Å²) in [5.41, 5.74) is 2.39. The van der Waals surface area contributed by atoms with E-state index in [0.29, 0.717) is 11.6 Å². The molecule has 1 amide bonds. The molecular weight excluding hydrogens is 396 g/mol. The minimum Gasteiger partial charge on any atom is -0.361 e. The van der Waals surface area contributed by atoms with E-state index in [1.54, 1.807) is 23.1 Å². The number of aromatic amines is 1. The monoisotopic (exact) mass is 414 g/mol. The van der Waals surface area contributed by atoms with E-state index in [9.17, 15) is 4.79 Å². The largest absolute Gasteiger partial charge is 0.361 e. The molecule has 3 aromatic heterocycles. The van der Waals surface area contributed by atoms with Gasteiger partial charge in [-0.1, -0.05) is 47.4 Å². The molecule has 0 unspecified atom stereocenters. The minimum absolute atomic E-state index is 0.0131. The van der Waals surface area contributed by atoms with Gasteiger partial charge in [-0.25, -0.2) is 0 Å². The minimum atomic E-state index is -0.0131. The van der Waals surface area contributed by atoms with Crippen LogP contribution in [0.15, 0.2) is 52.3 Å². The van der Waals surface area contributed by atoms with Crippen molar-refractivity contribution in [3.05, 3.63) is 58.4 Å². The Bertz CT molecular complexity index is 1020. The molecule has 2 N–H and O–H groups in total.